The van der Waals surface area contributed by atoms with E-state index in [1.807, 2.05) is 6.92 Å². The molecule has 0 unspecified atom stereocenters. The van der Waals surface area contributed by atoms with E-state index in [4.69, 9.17) is 0 Å². The molecule has 1 saturated heterocycles. The Morgan fingerprint density at radius 2 is 2.00 bits per heavy atom. The number of nitrogens with zero attached hydrogens (tertiary/aromatic N) is 6. The van der Waals surface area contributed by atoms with E-state index in [1.54, 1.807) is 10.8 Å². The van der Waals surface area contributed by atoms with Gasteiger partial charge >= 0.3 is 0 Å². The minimum atomic E-state index is 0.852. The van der Waals surface area contributed by atoms with Crippen molar-refractivity contribution in [3.05, 3.63) is 18.1 Å². The molecule has 2 aromatic rings. The van der Waals surface area contributed by atoms with Crippen LogP contribution in [-0.2, 0) is 0 Å². The third kappa shape index (κ3) is 1.92. The maximum Gasteiger partial charge on any atom is 0.200 e. The lowest BCUT2D eigenvalue weighted by Crippen LogP contribution is -2.46. The van der Waals surface area contributed by atoms with Gasteiger partial charge in [0.25, 0.3) is 0 Å². The number of aryl methyl sites for hydroxylation is 1. The van der Waals surface area contributed by atoms with E-state index in [1.165, 1.54) is 0 Å². The van der Waals surface area contributed by atoms with E-state index in [-0.39, 0.29) is 0 Å². The lowest BCUT2D eigenvalue weighted by Gasteiger charge is -2.35. The summed E-state index contributed by atoms with van der Waals surface area (Å²) in [7, 11) is 0. The molecule has 2 aromatic heterocycles. The van der Waals surface area contributed by atoms with Crippen LogP contribution >= 0.6 is 0 Å². The number of likely N-dealkylation sites (N-methyl/N-ethyl adjacent to an activating group) is 1. The lowest BCUT2D eigenvalue weighted by molar-refractivity contribution is 0.271. The highest BCUT2D eigenvalue weighted by molar-refractivity contribution is 5.68. The quantitative estimate of drug-likeness (QED) is 0.775. The molecule has 6 heteroatoms. The number of hydrogen-bond donors (Lipinski definition) is 0. The molecular weight excluding hydrogens is 228 g/mol. The van der Waals surface area contributed by atoms with Crippen molar-refractivity contribution in [2.75, 3.05) is 37.6 Å². The van der Waals surface area contributed by atoms with E-state index < -0.39 is 0 Å². The molecule has 18 heavy (non-hydrogen) atoms. The molecule has 1 aliphatic rings. The molecule has 0 N–H and O–H groups in total. The SMILES string of the molecule is CCN1CCN(c2cc(C)nn3cnnc23)CC1. The zero-order valence-corrected chi connectivity index (χ0v) is 10.9. The van der Waals surface area contributed by atoms with E-state index in [2.05, 4.69) is 38.1 Å². The van der Waals surface area contributed by atoms with Gasteiger partial charge in [-0.3, -0.25) is 0 Å². The summed E-state index contributed by atoms with van der Waals surface area (Å²) in [4.78, 5) is 4.84. The minimum absolute atomic E-state index is 0.852. The van der Waals surface area contributed by atoms with Crippen LogP contribution < -0.4 is 4.90 Å². The Labute approximate surface area is 106 Å². The first-order chi connectivity index (χ1) is 8.78. The van der Waals surface area contributed by atoms with Gasteiger partial charge in [0.2, 0.25) is 5.65 Å². The van der Waals surface area contributed by atoms with Crippen molar-refractivity contribution < 1.29 is 0 Å². The van der Waals surface area contributed by atoms with Gasteiger partial charge in [0, 0.05) is 26.2 Å². The standard InChI is InChI=1S/C12H18N6/c1-3-16-4-6-17(7-5-16)11-8-10(2)15-18-9-13-14-12(11)18/h8-9H,3-7H2,1-2H3. The van der Waals surface area contributed by atoms with E-state index in [9.17, 15) is 0 Å². The van der Waals surface area contributed by atoms with Crippen molar-refractivity contribution in [2.45, 2.75) is 13.8 Å². The molecule has 0 aliphatic carbocycles. The van der Waals surface area contributed by atoms with Gasteiger partial charge in [0.15, 0.2) is 0 Å². The van der Waals surface area contributed by atoms with Gasteiger partial charge in [0.05, 0.1) is 11.4 Å². The number of aromatic nitrogens is 4. The summed E-state index contributed by atoms with van der Waals surface area (Å²) in [5.74, 6) is 0. The third-order valence-corrected chi connectivity index (χ3v) is 3.53. The number of anilines is 1. The Morgan fingerprint density at radius 3 is 2.72 bits per heavy atom. The second kappa shape index (κ2) is 4.53. The molecule has 3 rings (SSSR count). The Bertz CT molecular complexity index is 540. The second-order valence-electron chi connectivity index (χ2n) is 4.69. The third-order valence-electron chi connectivity index (χ3n) is 3.53. The normalized spacial score (nSPS) is 17.6. The molecule has 1 fully saturated rings. The highest BCUT2D eigenvalue weighted by atomic mass is 15.4. The molecule has 0 amide bonds. The maximum atomic E-state index is 4.38. The monoisotopic (exact) mass is 246 g/mol. The summed E-state index contributed by atoms with van der Waals surface area (Å²) in [6.07, 6.45) is 1.66. The highest BCUT2D eigenvalue weighted by Crippen LogP contribution is 2.21. The fourth-order valence-corrected chi connectivity index (χ4v) is 2.47. The molecule has 0 bridgehead atoms. The molecule has 0 spiro atoms. The van der Waals surface area contributed by atoms with Gasteiger partial charge in [0.1, 0.15) is 6.33 Å². The fraction of sp³-hybridized carbons (Fsp3) is 0.583. The van der Waals surface area contributed by atoms with Crippen LogP contribution in [0.5, 0.6) is 0 Å². The Hall–Kier alpha value is -1.69. The molecule has 0 radical (unpaired) electrons. The van der Waals surface area contributed by atoms with Crippen LogP contribution in [0.1, 0.15) is 12.6 Å². The number of hydrogen-bond acceptors (Lipinski definition) is 5. The predicted octanol–water partition coefficient (Wildman–Crippen LogP) is 0.575. The minimum Gasteiger partial charge on any atom is -0.366 e. The van der Waals surface area contributed by atoms with E-state index in [0.717, 1.165) is 49.8 Å². The fourth-order valence-electron chi connectivity index (χ4n) is 2.47. The molecule has 1 aliphatic heterocycles. The van der Waals surface area contributed by atoms with Crippen molar-refractivity contribution in [3.8, 4) is 0 Å². The highest BCUT2D eigenvalue weighted by Gasteiger charge is 2.19. The van der Waals surface area contributed by atoms with Gasteiger partial charge in [-0.25, -0.2) is 0 Å². The van der Waals surface area contributed by atoms with Gasteiger partial charge in [-0.05, 0) is 19.5 Å². The molecule has 3 heterocycles. The summed E-state index contributed by atoms with van der Waals surface area (Å²) < 4.78 is 1.76. The summed E-state index contributed by atoms with van der Waals surface area (Å²) in [6.45, 7) is 9.65. The second-order valence-corrected chi connectivity index (χ2v) is 4.69. The van der Waals surface area contributed by atoms with Crippen LogP contribution in [0, 0.1) is 6.92 Å². The van der Waals surface area contributed by atoms with Crippen molar-refractivity contribution >= 4 is 11.3 Å². The van der Waals surface area contributed by atoms with Crippen molar-refractivity contribution in [2.24, 2.45) is 0 Å². The summed E-state index contributed by atoms with van der Waals surface area (Å²) in [6, 6.07) is 2.10. The van der Waals surface area contributed by atoms with Gasteiger partial charge in [-0.2, -0.15) is 9.61 Å². The lowest BCUT2D eigenvalue weighted by atomic mass is 10.2. The summed E-state index contributed by atoms with van der Waals surface area (Å²) >= 11 is 0. The molecule has 0 aromatic carbocycles. The zero-order valence-electron chi connectivity index (χ0n) is 10.9. The maximum absolute atomic E-state index is 4.38. The average molecular weight is 246 g/mol. The molecule has 0 atom stereocenters. The zero-order chi connectivity index (χ0) is 12.5. The Morgan fingerprint density at radius 1 is 1.22 bits per heavy atom. The van der Waals surface area contributed by atoms with Crippen LogP contribution in [0.4, 0.5) is 5.69 Å². The van der Waals surface area contributed by atoms with Crippen molar-refractivity contribution in [1.29, 1.82) is 0 Å². The molecule has 6 nitrogen and oxygen atoms in total. The van der Waals surface area contributed by atoms with E-state index >= 15 is 0 Å². The largest absolute Gasteiger partial charge is 0.366 e. The van der Waals surface area contributed by atoms with Gasteiger partial charge < -0.3 is 9.80 Å². The summed E-state index contributed by atoms with van der Waals surface area (Å²) in [5.41, 5.74) is 3.00. The first-order valence-corrected chi connectivity index (χ1v) is 6.43. The molecular formula is C12H18N6. The Kier molecular flexibility index (Phi) is 2.87. The van der Waals surface area contributed by atoms with Gasteiger partial charge in [-0.15, -0.1) is 10.2 Å². The topological polar surface area (TPSA) is 49.6 Å². The summed E-state index contributed by atoms with van der Waals surface area (Å²) in [5, 5.41) is 12.5. The smallest absolute Gasteiger partial charge is 0.200 e. The molecule has 0 saturated carbocycles. The first kappa shape index (κ1) is 11.4. The molecule has 96 valence electrons. The van der Waals surface area contributed by atoms with Crippen LogP contribution in [0.15, 0.2) is 12.4 Å². The average Bonchev–Trinajstić information content (AvgIpc) is 2.86. The van der Waals surface area contributed by atoms with Crippen LogP contribution in [0.25, 0.3) is 5.65 Å². The number of fused-ring (bicyclic) bond motifs is 1. The van der Waals surface area contributed by atoms with Crippen LogP contribution in [0.2, 0.25) is 0 Å². The Balaban J connectivity index is 1.92. The van der Waals surface area contributed by atoms with Crippen molar-refractivity contribution in [3.63, 3.8) is 0 Å². The number of rotatable bonds is 2. The first-order valence-electron chi connectivity index (χ1n) is 6.43. The van der Waals surface area contributed by atoms with Crippen molar-refractivity contribution in [1.82, 2.24) is 24.7 Å². The van der Waals surface area contributed by atoms with Crippen LogP contribution in [-0.4, -0.2) is 57.4 Å². The predicted molar refractivity (Wildman–Crippen MR) is 69.8 cm³/mol. The van der Waals surface area contributed by atoms with Gasteiger partial charge in [-0.1, -0.05) is 6.92 Å². The number of piperazine rings is 1. The van der Waals surface area contributed by atoms with Crippen LogP contribution in [0.3, 0.4) is 0 Å². The van der Waals surface area contributed by atoms with E-state index in [0.29, 0.717) is 0 Å².